The molecule has 0 saturated carbocycles. The quantitative estimate of drug-likeness (QED) is 0.428. The van der Waals surface area contributed by atoms with Crippen LogP contribution >= 0.6 is 12.2 Å². The van der Waals surface area contributed by atoms with E-state index in [9.17, 15) is 4.79 Å². The average Bonchev–Trinajstić information content (AvgIpc) is 2.31. The molecule has 2 heterocycles. The third kappa shape index (κ3) is 0.832. The van der Waals surface area contributed by atoms with Gasteiger partial charge in [0.2, 0.25) is 0 Å². The van der Waals surface area contributed by atoms with E-state index in [-0.39, 0.29) is 5.69 Å². The van der Waals surface area contributed by atoms with Gasteiger partial charge in [-0.05, 0) is 0 Å². The van der Waals surface area contributed by atoms with Crippen molar-refractivity contribution in [3.63, 3.8) is 0 Å². The van der Waals surface area contributed by atoms with Gasteiger partial charge >= 0.3 is 5.69 Å². The number of nitrogens with zero attached hydrogens (tertiary/aromatic N) is 1. The molecule has 2 aromatic rings. The normalized spacial score (nSPS) is 10.7. The molecule has 2 aromatic heterocycles. The number of aromatic nitrogens is 4. The van der Waals surface area contributed by atoms with E-state index in [0.29, 0.717) is 21.5 Å². The first-order chi connectivity index (χ1) is 5.68. The fourth-order valence-corrected chi connectivity index (χ4v) is 1.28. The monoisotopic (exact) mass is 183 g/mol. The van der Waals surface area contributed by atoms with Crippen LogP contribution in [0.1, 0.15) is 0 Å². The van der Waals surface area contributed by atoms with Crippen molar-refractivity contribution in [1.29, 1.82) is 0 Å². The molecule has 2 rings (SSSR count). The minimum atomic E-state index is -0.390. The molecule has 0 unspecified atom stereocenters. The first-order valence-corrected chi connectivity index (χ1v) is 3.55. The molecule has 0 saturated heterocycles. The van der Waals surface area contributed by atoms with Gasteiger partial charge in [-0.2, -0.15) is 5.10 Å². The number of aromatic amines is 3. The van der Waals surface area contributed by atoms with E-state index in [1.165, 1.54) is 0 Å². The third-order valence-corrected chi connectivity index (χ3v) is 1.79. The van der Waals surface area contributed by atoms with Gasteiger partial charge in [-0.1, -0.05) is 12.2 Å². The average molecular weight is 183 g/mol. The molecule has 0 aliphatic carbocycles. The Morgan fingerprint density at radius 3 is 2.92 bits per heavy atom. The van der Waals surface area contributed by atoms with E-state index in [1.807, 2.05) is 0 Å². The number of nitrogens with two attached hydrogens (primary N) is 1. The summed E-state index contributed by atoms with van der Waals surface area (Å²) in [5.41, 5.74) is 5.49. The lowest BCUT2D eigenvalue weighted by molar-refractivity contribution is 1.06. The fourth-order valence-electron chi connectivity index (χ4n) is 0.980. The number of hydrogen-bond acceptors (Lipinski definition) is 4. The molecular weight excluding hydrogens is 178 g/mol. The van der Waals surface area contributed by atoms with Gasteiger partial charge in [-0.3, -0.25) is 15.1 Å². The molecule has 0 radical (unpaired) electrons. The van der Waals surface area contributed by atoms with Crippen LogP contribution in [0.4, 0.5) is 5.82 Å². The Kier molecular flexibility index (Phi) is 1.28. The zero-order valence-corrected chi connectivity index (χ0v) is 6.66. The van der Waals surface area contributed by atoms with Crippen molar-refractivity contribution in [2.24, 2.45) is 0 Å². The summed E-state index contributed by atoms with van der Waals surface area (Å²) in [5, 5.41) is 6.81. The lowest BCUT2D eigenvalue weighted by atomic mass is 10.4. The lowest BCUT2D eigenvalue weighted by Gasteiger charge is -1.87. The molecule has 0 bridgehead atoms. The zero-order valence-electron chi connectivity index (χ0n) is 5.84. The van der Waals surface area contributed by atoms with E-state index < -0.39 is 0 Å². The number of rotatable bonds is 0. The minimum Gasteiger partial charge on any atom is -0.383 e. The van der Waals surface area contributed by atoms with Gasteiger partial charge in [0.1, 0.15) is 10.5 Å². The largest absolute Gasteiger partial charge is 0.383 e. The van der Waals surface area contributed by atoms with Crippen LogP contribution in [-0.2, 0) is 0 Å². The molecule has 0 aliphatic heterocycles. The van der Waals surface area contributed by atoms with E-state index >= 15 is 0 Å². The van der Waals surface area contributed by atoms with Crippen LogP contribution in [-0.4, -0.2) is 20.2 Å². The van der Waals surface area contributed by atoms with E-state index in [1.54, 1.807) is 0 Å². The highest BCUT2D eigenvalue weighted by Gasteiger charge is 2.04. The van der Waals surface area contributed by atoms with Crippen molar-refractivity contribution in [3.05, 3.63) is 15.1 Å². The van der Waals surface area contributed by atoms with Crippen molar-refractivity contribution in [2.75, 3.05) is 5.73 Å². The summed E-state index contributed by atoms with van der Waals surface area (Å²) in [6.07, 6.45) is 0. The van der Waals surface area contributed by atoms with Gasteiger partial charge in [-0.25, -0.2) is 4.79 Å². The fraction of sp³-hybridized carbons (Fsp3) is 0. The molecule has 7 heteroatoms. The molecule has 62 valence electrons. The summed E-state index contributed by atoms with van der Waals surface area (Å²) in [5.74, 6) is 0.350. The summed E-state index contributed by atoms with van der Waals surface area (Å²) in [7, 11) is 0. The number of hydrogen-bond donors (Lipinski definition) is 4. The van der Waals surface area contributed by atoms with Crippen LogP contribution in [0.25, 0.3) is 11.0 Å². The first kappa shape index (κ1) is 7.04. The molecule has 0 aromatic carbocycles. The zero-order chi connectivity index (χ0) is 8.72. The summed E-state index contributed by atoms with van der Waals surface area (Å²) in [6, 6.07) is 0. The highest BCUT2D eigenvalue weighted by molar-refractivity contribution is 7.71. The maximum absolute atomic E-state index is 10.8. The number of nitrogen functional groups attached to an aromatic ring is 1. The summed E-state index contributed by atoms with van der Waals surface area (Å²) in [6.45, 7) is 0. The predicted molar refractivity (Wildman–Crippen MR) is 46.3 cm³/mol. The van der Waals surface area contributed by atoms with Crippen molar-refractivity contribution >= 4 is 29.1 Å². The van der Waals surface area contributed by atoms with Crippen LogP contribution in [0.15, 0.2) is 4.79 Å². The minimum absolute atomic E-state index is 0.292. The summed E-state index contributed by atoms with van der Waals surface area (Å²) < 4.78 is 0.292. The SMILES string of the molecule is Nc1[nH]nc2[nH]c(=O)[nH]c(=S)c12. The number of fused-ring (bicyclic) bond motifs is 1. The second-order valence-electron chi connectivity index (χ2n) is 2.27. The Hall–Kier alpha value is -1.63. The molecule has 0 amide bonds. The van der Waals surface area contributed by atoms with E-state index in [4.69, 9.17) is 18.0 Å². The van der Waals surface area contributed by atoms with Crippen LogP contribution in [0.3, 0.4) is 0 Å². The summed E-state index contributed by atoms with van der Waals surface area (Å²) in [4.78, 5) is 15.7. The van der Waals surface area contributed by atoms with Gasteiger partial charge in [0.25, 0.3) is 0 Å². The van der Waals surface area contributed by atoms with E-state index in [2.05, 4.69) is 20.2 Å². The standard InChI is InChI=1S/C5H5N5OS/c6-2-1-3(10-9-2)7-5(11)8-4(1)12/h(H5,6,7,8,9,10,11,12). The Morgan fingerprint density at radius 2 is 2.17 bits per heavy atom. The number of anilines is 1. The van der Waals surface area contributed by atoms with E-state index in [0.717, 1.165) is 0 Å². The lowest BCUT2D eigenvalue weighted by Crippen LogP contribution is -2.09. The third-order valence-electron chi connectivity index (χ3n) is 1.48. The van der Waals surface area contributed by atoms with Gasteiger partial charge in [0.15, 0.2) is 5.65 Å². The maximum atomic E-state index is 10.8. The smallest absolute Gasteiger partial charge is 0.325 e. The van der Waals surface area contributed by atoms with Crippen molar-refractivity contribution in [3.8, 4) is 0 Å². The molecule has 0 aliphatic rings. The molecule has 6 nitrogen and oxygen atoms in total. The van der Waals surface area contributed by atoms with Crippen LogP contribution < -0.4 is 11.4 Å². The molecular formula is C5H5N5OS. The second-order valence-corrected chi connectivity index (χ2v) is 2.68. The van der Waals surface area contributed by atoms with Gasteiger partial charge < -0.3 is 5.73 Å². The second kappa shape index (κ2) is 2.18. The maximum Gasteiger partial charge on any atom is 0.325 e. The van der Waals surface area contributed by atoms with Gasteiger partial charge in [0.05, 0.1) is 5.39 Å². The topological polar surface area (TPSA) is 103 Å². The summed E-state index contributed by atoms with van der Waals surface area (Å²) >= 11 is 4.87. The molecule has 0 spiro atoms. The molecule has 0 atom stereocenters. The molecule has 12 heavy (non-hydrogen) atoms. The van der Waals surface area contributed by atoms with Crippen molar-refractivity contribution in [1.82, 2.24) is 20.2 Å². The Morgan fingerprint density at radius 1 is 1.42 bits per heavy atom. The Bertz CT molecular complexity index is 534. The van der Waals surface area contributed by atoms with Crippen LogP contribution in [0, 0.1) is 4.64 Å². The van der Waals surface area contributed by atoms with Crippen molar-refractivity contribution in [2.45, 2.75) is 0 Å². The van der Waals surface area contributed by atoms with Crippen molar-refractivity contribution < 1.29 is 0 Å². The van der Waals surface area contributed by atoms with Gasteiger partial charge in [-0.15, -0.1) is 0 Å². The Labute approximate surface area is 70.8 Å². The highest BCUT2D eigenvalue weighted by atomic mass is 32.1. The molecule has 5 N–H and O–H groups in total. The molecule has 0 fully saturated rings. The number of nitrogens with one attached hydrogen (secondary N) is 3. The van der Waals surface area contributed by atoms with Crippen LogP contribution in [0.2, 0.25) is 0 Å². The predicted octanol–water partition coefficient (Wildman–Crippen LogP) is -0.109. The number of H-pyrrole nitrogens is 3. The first-order valence-electron chi connectivity index (χ1n) is 3.14. The van der Waals surface area contributed by atoms with Gasteiger partial charge in [0, 0.05) is 0 Å². The van der Waals surface area contributed by atoms with Crippen LogP contribution in [0.5, 0.6) is 0 Å². The Balaban J connectivity index is 3.13. The highest BCUT2D eigenvalue weighted by Crippen LogP contribution is 2.13.